The molecule has 1 aromatic carbocycles. The van der Waals surface area contributed by atoms with E-state index in [2.05, 4.69) is 21.6 Å². The molecule has 5 heteroatoms. The summed E-state index contributed by atoms with van der Waals surface area (Å²) in [6.45, 7) is 2.61. The maximum Gasteiger partial charge on any atom is 0.271 e. The van der Waals surface area contributed by atoms with Crippen molar-refractivity contribution in [1.29, 1.82) is 0 Å². The predicted octanol–water partition coefficient (Wildman–Crippen LogP) is 1.34. The Hall–Kier alpha value is -2.43. The van der Waals surface area contributed by atoms with Crippen LogP contribution < -0.4 is 11.1 Å². The Balaban J connectivity index is 1.86. The summed E-state index contributed by atoms with van der Waals surface area (Å²) in [4.78, 5) is 11.8. The number of nitrogens with two attached hydrogens (primary N) is 1. The summed E-state index contributed by atoms with van der Waals surface area (Å²) in [6.07, 6.45) is 0.788. The third-order valence-corrected chi connectivity index (χ3v) is 2.70. The average Bonchev–Trinajstić information content (AvgIpc) is 2.39. The molecule has 0 unspecified atom stereocenters. The highest BCUT2D eigenvalue weighted by molar-refractivity contribution is 5.92. The third kappa shape index (κ3) is 3.77. The number of nitrogens with one attached hydrogen (secondary N) is 1. The van der Waals surface area contributed by atoms with Gasteiger partial charge in [-0.15, -0.1) is 10.2 Å². The first kappa shape index (κ1) is 13.0. The number of hydrogen-bond acceptors (Lipinski definition) is 4. The van der Waals surface area contributed by atoms with Gasteiger partial charge in [-0.05, 0) is 31.0 Å². The van der Waals surface area contributed by atoms with Crippen LogP contribution in [0.5, 0.6) is 0 Å². The molecule has 0 spiro atoms. The maximum atomic E-state index is 11.8. The van der Waals surface area contributed by atoms with Gasteiger partial charge in [0.05, 0.1) is 0 Å². The summed E-state index contributed by atoms with van der Waals surface area (Å²) in [5.41, 5.74) is 8.10. The highest BCUT2D eigenvalue weighted by atomic mass is 16.1. The molecular formula is C14H16N4O. The second-order valence-corrected chi connectivity index (χ2v) is 4.34. The molecule has 2 rings (SSSR count). The lowest BCUT2D eigenvalue weighted by molar-refractivity contribution is 0.0948. The molecule has 0 saturated carbocycles. The lowest BCUT2D eigenvalue weighted by Crippen LogP contribution is -2.26. The Morgan fingerprint density at radius 2 is 2.11 bits per heavy atom. The molecule has 0 aliphatic heterocycles. The van der Waals surface area contributed by atoms with Gasteiger partial charge in [-0.1, -0.05) is 29.8 Å². The average molecular weight is 256 g/mol. The van der Waals surface area contributed by atoms with Crippen LogP contribution >= 0.6 is 0 Å². The molecule has 5 nitrogen and oxygen atoms in total. The Morgan fingerprint density at radius 3 is 2.79 bits per heavy atom. The number of rotatable bonds is 4. The van der Waals surface area contributed by atoms with Gasteiger partial charge < -0.3 is 11.1 Å². The topological polar surface area (TPSA) is 80.9 Å². The van der Waals surface area contributed by atoms with E-state index in [1.54, 1.807) is 12.1 Å². The van der Waals surface area contributed by atoms with Crippen molar-refractivity contribution in [3.05, 3.63) is 53.2 Å². The summed E-state index contributed by atoms with van der Waals surface area (Å²) in [5.74, 6) is 0.0662. The molecule has 0 fully saturated rings. The lowest BCUT2D eigenvalue weighted by Gasteiger charge is -2.05. The molecule has 0 aliphatic carbocycles. The van der Waals surface area contributed by atoms with E-state index in [4.69, 9.17) is 5.73 Å². The first-order chi connectivity index (χ1) is 9.15. The zero-order valence-electron chi connectivity index (χ0n) is 10.8. The number of amides is 1. The van der Waals surface area contributed by atoms with E-state index in [0.717, 1.165) is 6.42 Å². The van der Waals surface area contributed by atoms with E-state index >= 15 is 0 Å². The van der Waals surface area contributed by atoms with E-state index in [9.17, 15) is 4.79 Å². The minimum atomic E-state index is -0.236. The van der Waals surface area contributed by atoms with Crippen LogP contribution in [0.25, 0.3) is 0 Å². The first-order valence-electron chi connectivity index (χ1n) is 6.08. The number of benzene rings is 1. The molecule has 1 heterocycles. The minimum absolute atomic E-state index is 0.236. The Morgan fingerprint density at radius 1 is 1.26 bits per heavy atom. The first-order valence-corrected chi connectivity index (χ1v) is 6.08. The van der Waals surface area contributed by atoms with Gasteiger partial charge in [-0.3, -0.25) is 4.79 Å². The van der Waals surface area contributed by atoms with E-state index in [-0.39, 0.29) is 11.6 Å². The van der Waals surface area contributed by atoms with Crippen molar-refractivity contribution in [2.24, 2.45) is 0 Å². The summed E-state index contributed by atoms with van der Waals surface area (Å²) in [6, 6.07) is 11.3. The molecule has 1 amide bonds. The van der Waals surface area contributed by atoms with E-state index in [0.29, 0.717) is 12.4 Å². The summed E-state index contributed by atoms with van der Waals surface area (Å²) in [7, 11) is 0. The zero-order chi connectivity index (χ0) is 13.7. The van der Waals surface area contributed by atoms with Crippen LogP contribution in [0, 0.1) is 6.92 Å². The van der Waals surface area contributed by atoms with Gasteiger partial charge in [0.15, 0.2) is 5.69 Å². The van der Waals surface area contributed by atoms with Gasteiger partial charge in [0.1, 0.15) is 5.82 Å². The van der Waals surface area contributed by atoms with Crippen LogP contribution in [0.2, 0.25) is 0 Å². The maximum absolute atomic E-state index is 11.8. The predicted molar refractivity (Wildman–Crippen MR) is 73.7 cm³/mol. The van der Waals surface area contributed by atoms with Crippen LogP contribution in [0.1, 0.15) is 21.6 Å². The van der Waals surface area contributed by atoms with E-state index in [1.165, 1.54) is 11.1 Å². The van der Waals surface area contributed by atoms with E-state index < -0.39 is 0 Å². The standard InChI is InChI=1S/C14H16N4O/c1-10-3-2-4-11(9-10)7-8-16-14(19)12-5-6-13(15)18-17-12/h2-6,9H,7-8H2,1H3,(H2,15,18)(H,16,19). The highest BCUT2D eigenvalue weighted by Gasteiger charge is 2.06. The fourth-order valence-corrected chi connectivity index (χ4v) is 1.74. The molecule has 0 saturated heterocycles. The van der Waals surface area contributed by atoms with Crippen molar-refractivity contribution in [3.8, 4) is 0 Å². The van der Waals surface area contributed by atoms with Crippen LogP contribution in [0.3, 0.4) is 0 Å². The van der Waals surface area contributed by atoms with Crippen molar-refractivity contribution >= 4 is 11.7 Å². The summed E-state index contributed by atoms with van der Waals surface area (Å²) < 4.78 is 0. The van der Waals surface area contributed by atoms with Crippen molar-refractivity contribution in [2.75, 3.05) is 12.3 Å². The molecular weight excluding hydrogens is 240 g/mol. The van der Waals surface area contributed by atoms with Gasteiger partial charge >= 0.3 is 0 Å². The van der Waals surface area contributed by atoms with Crippen molar-refractivity contribution in [1.82, 2.24) is 15.5 Å². The number of carbonyl (C=O) groups excluding carboxylic acids is 1. The van der Waals surface area contributed by atoms with Gasteiger partial charge in [-0.2, -0.15) is 0 Å². The number of nitrogen functional groups attached to an aromatic ring is 1. The van der Waals surface area contributed by atoms with Gasteiger partial charge in [0, 0.05) is 6.54 Å². The van der Waals surface area contributed by atoms with Crippen molar-refractivity contribution in [2.45, 2.75) is 13.3 Å². The summed E-state index contributed by atoms with van der Waals surface area (Å²) >= 11 is 0. The fourth-order valence-electron chi connectivity index (χ4n) is 1.74. The summed E-state index contributed by atoms with van der Waals surface area (Å²) in [5, 5.41) is 10.2. The number of carbonyl (C=O) groups is 1. The monoisotopic (exact) mass is 256 g/mol. The zero-order valence-corrected chi connectivity index (χ0v) is 10.8. The Labute approximate surface area is 111 Å². The van der Waals surface area contributed by atoms with Crippen LogP contribution in [0.4, 0.5) is 5.82 Å². The van der Waals surface area contributed by atoms with Crippen LogP contribution in [-0.2, 0) is 6.42 Å². The molecule has 2 aromatic rings. The molecule has 19 heavy (non-hydrogen) atoms. The highest BCUT2D eigenvalue weighted by Crippen LogP contribution is 2.04. The number of nitrogens with zero attached hydrogens (tertiary/aromatic N) is 2. The smallest absolute Gasteiger partial charge is 0.271 e. The SMILES string of the molecule is Cc1cccc(CCNC(=O)c2ccc(N)nn2)c1. The van der Waals surface area contributed by atoms with Gasteiger partial charge in [0.25, 0.3) is 5.91 Å². The molecule has 98 valence electrons. The van der Waals surface area contributed by atoms with Gasteiger partial charge in [-0.25, -0.2) is 0 Å². The number of hydrogen-bond donors (Lipinski definition) is 2. The van der Waals surface area contributed by atoms with Crippen LogP contribution in [-0.4, -0.2) is 22.6 Å². The Kier molecular flexibility index (Phi) is 4.07. The van der Waals surface area contributed by atoms with Crippen molar-refractivity contribution in [3.63, 3.8) is 0 Å². The molecule has 3 N–H and O–H groups in total. The molecule has 0 aliphatic rings. The Bertz CT molecular complexity index is 566. The number of aryl methyl sites for hydroxylation is 1. The number of aromatic nitrogens is 2. The van der Waals surface area contributed by atoms with Crippen LogP contribution in [0.15, 0.2) is 36.4 Å². The minimum Gasteiger partial charge on any atom is -0.382 e. The quantitative estimate of drug-likeness (QED) is 0.865. The molecule has 0 bridgehead atoms. The molecule has 1 aromatic heterocycles. The molecule has 0 atom stereocenters. The lowest BCUT2D eigenvalue weighted by atomic mass is 10.1. The molecule has 0 radical (unpaired) electrons. The fraction of sp³-hybridized carbons (Fsp3) is 0.214. The van der Waals surface area contributed by atoms with Crippen molar-refractivity contribution < 1.29 is 4.79 Å². The second kappa shape index (κ2) is 5.95. The third-order valence-electron chi connectivity index (χ3n) is 2.70. The van der Waals surface area contributed by atoms with Gasteiger partial charge in [0.2, 0.25) is 0 Å². The second-order valence-electron chi connectivity index (χ2n) is 4.34. The number of anilines is 1. The largest absolute Gasteiger partial charge is 0.382 e. The normalized spacial score (nSPS) is 10.2. The van der Waals surface area contributed by atoms with E-state index in [1.807, 2.05) is 25.1 Å².